The predicted octanol–water partition coefficient (Wildman–Crippen LogP) is 3.95. The van der Waals surface area contributed by atoms with Crippen LogP contribution < -0.4 is 4.74 Å². The standard InChI is InChI=1S/C15H19ClO3/c1-3-9(6-10-7-13(10)15(17)18)12-5-4-11(19-2)8-14(12)16/h4-5,8-10,13H,3,6-7H2,1-2H3,(H,17,18). The third-order valence-corrected chi connectivity index (χ3v) is 4.29. The van der Waals surface area contributed by atoms with Crippen LogP contribution in [0.1, 0.15) is 37.7 Å². The topological polar surface area (TPSA) is 46.5 Å². The summed E-state index contributed by atoms with van der Waals surface area (Å²) in [5.74, 6) is 0.568. The fourth-order valence-corrected chi connectivity index (χ4v) is 2.98. The quantitative estimate of drug-likeness (QED) is 0.859. The first kappa shape index (κ1) is 14.2. The van der Waals surface area contributed by atoms with E-state index in [1.54, 1.807) is 7.11 Å². The van der Waals surface area contributed by atoms with Crippen molar-refractivity contribution in [1.82, 2.24) is 0 Å². The summed E-state index contributed by atoms with van der Waals surface area (Å²) in [4.78, 5) is 10.9. The minimum atomic E-state index is -0.666. The Labute approximate surface area is 118 Å². The van der Waals surface area contributed by atoms with Crippen molar-refractivity contribution in [1.29, 1.82) is 0 Å². The lowest BCUT2D eigenvalue weighted by Crippen LogP contribution is -2.04. The van der Waals surface area contributed by atoms with Crippen LogP contribution in [-0.2, 0) is 4.79 Å². The lowest BCUT2D eigenvalue weighted by atomic mass is 9.90. The Morgan fingerprint density at radius 1 is 1.58 bits per heavy atom. The molecule has 0 radical (unpaired) electrons. The molecule has 1 aliphatic rings. The number of halogens is 1. The number of hydrogen-bond donors (Lipinski definition) is 1. The summed E-state index contributed by atoms with van der Waals surface area (Å²) in [5.41, 5.74) is 1.10. The van der Waals surface area contributed by atoms with Gasteiger partial charge >= 0.3 is 5.97 Å². The molecule has 3 atom stereocenters. The summed E-state index contributed by atoms with van der Waals surface area (Å²) in [6, 6.07) is 5.72. The molecule has 0 heterocycles. The molecule has 2 rings (SSSR count). The van der Waals surface area contributed by atoms with Crippen molar-refractivity contribution in [2.45, 2.75) is 32.1 Å². The van der Waals surface area contributed by atoms with E-state index in [4.69, 9.17) is 21.4 Å². The Kier molecular flexibility index (Phi) is 4.35. The highest BCUT2D eigenvalue weighted by Crippen LogP contribution is 2.47. The van der Waals surface area contributed by atoms with Gasteiger partial charge in [0.15, 0.2) is 0 Å². The molecule has 19 heavy (non-hydrogen) atoms. The van der Waals surface area contributed by atoms with E-state index in [1.807, 2.05) is 18.2 Å². The maximum absolute atomic E-state index is 10.9. The van der Waals surface area contributed by atoms with E-state index in [0.717, 1.165) is 30.6 Å². The Hall–Kier alpha value is -1.22. The third-order valence-electron chi connectivity index (χ3n) is 3.97. The first-order valence-electron chi connectivity index (χ1n) is 6.63. The molecule has 104 valence electrons. The zero-order valence-electron chi connectivity index (χ0n) is 11.2. The van der Waals surface area contributed by atoms with Crippen molar-refractivity contribution in [3.05, 3.63) is 28.8 Å². The highest BCUT2D eigenvalue weighted by molar-refractivity contribution is 6.31. The zero-order valence-corrected chi connectivity index (χ0v) is 12.0. The molecular weight excluding hydrogens is 264 g/mol. The average molecular weight is 283 g/mol. The minimum Gasteiger partial charge on any atom is -0.497 e. The van der Waals surface area contributed by atoms with Crippen LogP contribution in [0.4, 0.5) is 0 Å². The fraction of sp³-hybridized carbons (Fsp3) is 0.533. The largest absolute Gasteiger partial charge is 0.497 e. The second-order valence-electron chi connectivity index (χ2n) is 5.17. The van der Waals surface area contributed by atoms with Crippen LogP contribution in [-0.4, -0.2) is 18.2 Å². The molecule has 0 spiro atoms. The van der Waals surface area contributed by atoms with Crippen molar-refractivity contribution in [2.24, 2.45) is 11.8 Å². The molecule has 1 fully saturated rings. The second-order valence-corrected chi connectivity index (χ2v) is 5.58. The van der Waals surface area contributed by atoms with E-state index < -0.39 is 5.97 Å². The van der Waals surface area contributed by atoms with Gasteiger partial charge < -0.3 is 9.84 Å². The molecule has 1 N–H and O–H groups in total. The molecule has 3 unspecified atom stereocenters. The van der Waals surface area contributed by atoms with Crippen molar-refractivity contribution in [3.8, 4) is 5.75 Å². The minimum absolute atomic E-state index is 0.147. The first-order valence-corrected chi connectivity index (χ1v) is 7.00. The average Bonchev–Trinajstić information content (AvgIpc) is 3.15. The molecule has 0 saturated heterocycles. The number of methoxy groups -OCH3 is 1. The highest BCUT2D eigenvalue weighted by atomic mass is 35.5. The maximum atomic E-state index is 10.9. The van der Waals surface area contributed by atoms with Gasteiger partial charge in [0.1, 0.15) is 5.75 Å². The maximum Gasteiger partial charge on any atom is 0.306 e. The van der Waals surface area contributed by atoms with Gasteiger partial charge in [-0.15, -0.1) is 0 Å². The number of aliphatic carboxylic acids is 1. The Morgan fingerprint density at radius 2 is 2.32 bits per heavy atom. The van der Waals surface area contributed by atoms with Gasteiger partial charge in [-0.2, -0.15) is 0 Å². The van der Waals surface area contributed by atoms with Gasteiger partial charge in [-0.25, -0.2) is 0 Å². The number of benzene rings is 1. The first-order chi connectivity index (χ1) is 9.06. The molecule has 4 heteroatoms. The van der Waals surface area contributed by atoms with E-state index in [0.29, 0.717) is 16.9 Å². The molecule has 0 aromatic heterocycles. The summed E-state index contributed by atoms with van der Waals surface area (Å²) in [6.45, 7) is 2.11. The second kappa shape index (κ2) is 5.83. The number of carbonyl (C=O) groups is 1. The van der Waals surface area contributed by atoms with Crippen LogP contribution >= 0.6 is 11.6 Å². The zero-order chi connectivity index (χ0) is 14.0. The van der Waals surface area contributed by atoms with Crippen LogP contribution in [0, 0.1) is 11.8 Å². The number of rotatable bonds is 6. The number of carboxylic acid groups (broad SMARTS) is 1. The molecule has 0 amide bonds. The van der Waals surface area contributed by atoms with Crippen molar-refractivity contribution in [3.63, 3.8) is 0 Å². The number of carboxylic acids is 1. The molecule has 1 aromatic carbocycles. The molecule has 1 aliphatic carbocycles. The summed E-state index contributed by atoms with van der Waals surface area (Å²) in [6.07, 6.45) is 2.67. The number of hydrogen-bond acceptors (Lipinski definition) is 2. The summed E-state index contributed by atoms with van der Waals surface area (Å²) >= 11 is 6.29. The molecule has 1 aromatic rings. The van der Waals surface area contributed by atoms with Crippen LogP contribution in [0.25, 0.3) is 0 Å². The van der Waals surface area contributed by atoms with Gasteiger partial charge in [0.25, 0.3) is 0 Å². The van der Waals surface area contributed by atoms with Crippen LogP contribution in [0.3, 0.4) is 0 Å². The molecule has 1 saturated carbocycles. The van der Waals surface area contributed by atoms with Crippen molar-refractivity contribution < 1.29 is 14.6 Å². The van der Waals surface area contributed by atoms with E-state index in [1.165, 1.54) is 0 Å². The lowest BCUT2D eigenvalue weighted by molar-refractivity contribution is -0.138. The third kappa shape index (κ3) is 3.21. The van der Waals surface area contributed by atoms with Crippen LogP contribution in [0.5, 0.6) is 5.75 Å². The van der Waals surface area contributed by atoms with Crippen LogP contribution in [0.2, 0.25) is 5.02 Å². The van der Waals surface area contributed by atoms with Gasteiger partial charge in [-0.05, 0) is 48.8 Å². The Morgan fingerprint density at radius 3 is 2.79 bits per heavy atom. The van der Waals surface area contributed by atoms with Gasteiger partial charge in [-0.1, -0.05) is 24.6 Å². The monoisotopic (exact) mass is 282 g/mol. The normalized spacial score (nSPS) is 22.9. The summed E-state index contributed by atoms with van der Waals surface area (Å²) in [5, 5.41) is 9.67. The number of ether oxygens (including phenoxy) is 1. The van der Waals surface area contributed by atoms with Crippen LogP contribution in [0.15, 0.2) is 18.2 Å². The van der Waals surface area contributed by atoms with Crippen molar-refractivity contribution in [2.75, 3.05) is 7.11 Å². The molecule has 0 bridgehead atoms. The lowest BCUT2D eigenvalue weighted by Gasteiger charge is -2.17. The Balaban J connectivity index is 2.08. The predicted molar refractivity (Wildman–Crippen MR) is 74.9 cm³/mol. The molecule has 0 aliphatic heterocycles. The Bertz CT molecular complexity index is 472. The van der Waals surface area contributed by atoms with E-state index in [9.17, 15) is 4.79 Å². The fourth-order valence-electron chi connectivity index (χ4n) is 2.66. The molecular formula is C15H19ClO3. The van der Waals surface area contributed by atoms with Gasteiger partial charge in [0, 0.05) is 5.02 Å². The SMILES string of the molecule is CCC(CC1CC1C(=O)O)c1ccc(OC)cc1Cl. The summed E-state index contributed by atoms with van der Waals surface area (Å²) in [7, 11) is 1.62. The van der Waals surface area contributed by atoms with Gasteiger partial charge in [0.2, 0.25) is 0 Å². The van der Waals surface area contributed by atoms with Crippen molar-refractivity contribution >= 4 is 17.6 Å². The van der Waals surface area contributed by atoms with Gasteiger partial charge in [0.05, 0.1) is 13.0 Å². The smallest absolute Gasteiger partial charge is 0.306 e. The van der Waals surface area contributed by atoms with E-state index >= 15 is 0 Å². The highest BCUT2D eigenvalue weighted by Gasteiger charge is 2.43. The van der Waals surface area contributed by atoms with E-state index in [-0.39, 0.29) is 5.92 Å². The van der Waals surface area contributed by atoms with E-state index in [2.05, 4.69) is 6.92 Å². The van der Waals surface area contributed by atoms with Gasteiger partial charge in [-0.3, -0.25) is 4.79 Å². The summed E-state index contributed by atoms with van der Waals surface area (Å²) < 4.78 is 5.14. The molecule has 3 nitrogen and oxygen atoms in total.